The predicted molar refractivity (Wildman–Crippen MR) is 77.8 cm³/mol. The minimum Gasteiger partial charge on any atom is -0.139 e. The lowest BCUT2D eigenvalue weighted by molar-refractivity contribution is 0.599. The zero-order valence-corrected chi connectivity index (χ0v) is 11.5. The van der Waals surface area contributed by atoms with Crippen LogP contribution < -0.4 is 0 Å². The van der Waals surface area contributed by atoms with Gasteiger partial charge < -0.3 is 0 Å². The first kappa shape index (κ1) is 11.0. The Morgan fingerprint density at radius 3 is 2.76 bits per heavy atom. The Bertz CT molecular complexity index is 602. The number of hydrogen-bond donors (Lipinski definition) is 0. The van der Waals surface area contributed by atoms with Gasteiger partial charge in [0.05, 0.1) is 0 Å². The van der Waals surface area contributed by atoms with E-state index < -0.39 is 0 Å². The summed E-state index contributed by atoms with van der Waals surface area (Å²) in [5.41, 5.74) is 4.34. The predicted octanol–water partition coefficient (Wildman–Crippen LogP) is 5.11. The summed E-state index contributed by atoms with van der Waals surface area (Å²) in [6, 6.07) is 4.51. The SMILES string of the molecule is Cc1ccc(C)c2c3c(sc12)C[C@H](C)CC=C3. The maximum absolute atomic E-state index is 2.35. The van der Waals surface area contributed by atoms with Crippen molar-refractivity contribution >= 4 is 27.5 Å². The molecule has 0 spiro atoms. The molecule has 1 aliphatic carbocycles. The van der Waals surface area contributed by atoms with E-state index in [-0.39, 0.29) is 0 Å². The van der Waals surface area contributed by atoms with Crippen molar-refractivity contribution in [3.63, 3.8) is 0 Å². The molecule has 0 radical (unpaired) electrons. The van der Waals surface area contributed by atoms with Crippen LogP contribution in [0.5, 0.6) is 0 Å². The highest BCUT2D eigenvalue weighted by Gasteiger charge is 2.17. The van der Waals surface area contributed by atoms with Crippen molar-refractivity contribution in [1.82, 2.24) is 0 Å². The van der Waals surface area contributed by atoms with E-state index in [2.05, 4.69) is 45.1 Å². The second kappa shape index (κ2) is 3.99. The van der Waals surface area contributed by atoms with E-state index in [1.807, 2.05) is 11.3 Å². The molecule has 17 heavy (non-hydrogen) atoms. The van der Waals surface area contributed by atoms with Gasteiger partial charge in [0.25, 0.3) is 0 Å². The fraction of sp³-hybridized carbons (Fsp3) is 0.375. The third kappa shape index (κ3) is 1.73. The van der Waals surface area contributed by atoms with Crippen LogP contribution in [0.1, 0.15) is 34.9 Å². The van der Waals surface area contributed by atoms with Crippen LogP contribution in [0.3, 0.4) is 0 Å². The van der Waals surface area contributed by atoms with E-state index in [0.29, 0.717) is 0 Å². The van der Waals surface area contributed by atoms with Crippen molar-refractivity contribution in [2.75, 3.05) is 0 Å². The summed E-state index contributed by atoms with van der Waals surface area (Å²) in [4.78, 5) is 1.58. The third-order valence-corrected chi connectivity index (χ3v) is 5.08. The molecule has 0 aliphatic heterocycles. The van der Waals surface area contributed by atoms with E-state index in [0.717, 1.165) is 5.92 Å². The quantitative estimate of drug-likeness (QED) is 0.602. The molecular weight excluding hydrogens is 224 g/mol. The minimum absolute atomic E-state index is 0.779. The second-order valence-electron chi connectivity index (χ2n) is 5.29. The molecule has 2 aromatic rings. The van der Waals surface area contributed by atoms with Gasteiger partial charge in [-0.25, -0.2) is 0 Å². The summed E-state index contributed by atoms with van der Waals surface area (Å²) in [5, 5.41) is 1.50. The van der Waals surface area contributed by atoms with Gasteiger partial charge in [0.1, 0.15) is 0 Å². The summed E-state index contributed by atoms with van der Waals surface area (Å²) < 4.78 is 1.49. The number of benzene rings is 1. The first-order chi connectivity index (χ1) is 8.16. The fourth-order valence-electron chi connectivity index (χ4n) is 2.72. The van der Waals surface area contributed by atoms with Crippen molar-refractivity contribution < 1.29 is 0 Å². The molecule has 88 valence electrons. The van der Waals surface area contributed by atoms with Gasteiger partial charge in [-0.05, 0) is 49.3 Å². The Labute approximate surface area is 107 Å². The summed E-state index contributed by atoms with van der Waals surface area (Å²) in [6.07, 6.45) is 7.16. The number of hydrogen-bond acceptors (Lipinski definition) is 1. The van der Waals surface area contributed by atoms with Gasteiger partial charge in [0.2, 0.25) is 0 Å². The lowest BCUT2D eigenvalue weighted by atomic mass is 10.0. The van der Waals surface area contributed by atoms with Gasteiger partial charge in [-0.2, -0.15) is 0 Å². The number of fused-ring (bicyclic) bond motifs is 3. The van der Waals surface area contributed by atoms with Gasteiger partial charge in [0.15, 0.2) is 0 Å². The van der Waals surface area contributed by atoms with Gasteiger partial charge in [-0.1, -0.05) is 31.2 Å². The number of aryl methyl sites for hydroxylation is 2. The Balaban J connectivity index is 2.36. The van der Waals surface area contributed by atoms with Crippen molar-refractivity contribution in [3.05, 3.63) is 39.8 Å². The molecule has 1 heterocycles. The lowest BCUT2D eigenvalue weighted by Gasteiger charge is -2.03. The number of allylic oxidation sites excluding steroid dienone is 1. The Hall–Kier alpha value is -1.08. The van der Waals surface area contributed by atoms with E-state index in [1.165, 1.54) is 39.6 Å². The molecule has 0 saturated heterocycles. The molecule has 0 nitrogen and oxygen atoms in total. The number of thiophene rings is 1. The van der Waals surface area contributed by atoms with Gasteiger partial charge in [0, 0.05) is 15.0 Å². The van der Waals surface area contributed by atoms with E-state index in [4.69, 9.17) is 0 Å². The smallest absolute Gasteiger partial charge is 0.0383 e. The van der Waals surface area contributed by atoms with Crippen LogP contribution in [0.4, 0.5) is 0 Å². The third-order valence-electron chi connectivity index (χ3n) is 3.71. The van der Waals surface area contributed by atoms with Crippen LogP contribution in [0.15, 0.2) is 18.2 Å². The molecule has 0 unspecified atom stereocenters. The molecule has 1 aromatic heterocycles. The number of rotatable bonds is 0. The van der Waals surface area contributed by atoms with E-state index in [9.17, 15) is 0 Å². The molecule has 0 saturated carbocycles. The minimum atomic E-state index is 0.779. The normalized spacial score (nSPS) is 19.4. The van der Waals surface area contributed by atoms with Crippen molar-refractivity contribution in [2.24, 2.45) is 5.92 Å². The molecule has 0 bridgehead atoms. The summed E-state index contributed by atoms with van der Waals surface area (Å²) in [5.74, 6) is 0.779. The highest BCUT2D eigenvalue weighted by molar-refractivity contribution is 7.19. The summed E-state index contributed by atoms with van der Waals surface area (Å²) in [6.45, 7) is 6.81. The fourth-order valence-corrected chi connectivity index (χ4v) is 4.21. The van der Waals surface area contributed by atoms with E-state index in [1.54, 1.807) is 4.88 Å². The molecule has 1 aliphatic rings. The first-order valence-electron chi connectivity index (χ1n) is 6.35. The largest absolute Gasteiger partial charge is 0.139 e. The Morgan fingerprint density at radius 1 is 1.18 bits per heavy atom. The topological polar surface area (TPSA) is 0 Å². The first-order valence-corrected chi connectivity index (χ1v) is 7.16. The molecule has 0 amide bonds. The molecule has 0 N–H and O–H groups in total. The molecule has 1 aromatic carbocycles. The summed E-state index contributed by atoms with van der Waals surface area (Å²) in [7, 11) is 0. The zero-order chi connectivity index (χ0) is 12.0. The van der Waals surface area contributed by atoms with Gasteiger partial charge in [-0.15, -0.1) is 11.3 Å². The molecule has 3 rings (SSSR count). The Morgan fingerprint density at radius 2 is 1.94 bits per heavy atom. The molecule has 1 heteroatoms. The zero-order valence-electron chi connectivity index (χ0n) is 10.7. The monoisotopic (exact) mass is 242 g/mol. The van der Waals surface area contributed by atoms with Crippen LogP contribution >= 0.6 is 11.3 Å². The highest BCUT2D eigenvalue weighted by Crippen LogP contribution is 2.39. The molecular formula is C16H18S. The Kier molecular flexibility index (Phi) is 2.59. The van der Waals surface area contributed by atoms with Crippen LogP contribution in [0.2, 0.25) is 0 Å². The van der Waals surface area contributed by atoms with Gasteiger partial charge >= 0.3 is 0 Å². The van der Waals surface area contributed by atoms with E-state index >= 15 is 0 Å². The maximum atomic E-state index is 2.35. The second-order valence-corrected chi connectivity index (χ2v) is 6.39. The average Bonchev–Trinajstić information content (AvgIpc) is 2.55. The van der Waals surface area contributed by atoms with Crippen LogP contribution in [-0.4, -0.2) is 0 Å². The lowest BCUT2D eigenvalue weighted by Crippen LogP contribution is -1.94. The standard InChI is InChI=1S/C16H18S/c1-10-5-4-6-13-14(9-10)17-16-12(3)8-7-11(2)15(13)16/h4,6-8,10H,5,9H2,1-3H3/t10-/m1/s1. The highest BCUT2D eigenvalue weighted by atomic mass is 32.1. The van der Waals surface area contributed by atoms with Crippen LogP contribution in [0.25, 0.3) is 16.2 Å². The van der Waals surface area contributed by atoms with Crippen LogP contribution in [0, 0.1) is 19.8 Å². The van der Waals surface area contributed by atoms with Gasteiger partial charge in [-0.3, -0.25) is 0 Å². The van der Waals surface area contributed by atoms with Crippen LogP contribution in [-0.2, 0) is 6.42 Å². The maximum Gasteiger partial charge on any atom is 0.0383 e. The molecule has 0 fully saturated rings. The summed E-state index contributed by atoms with van der Waals surface area (Å²) >= 11 is 2.01. The van der Waals surface area contributed by atoms with Crippen molar-refractivity contribution in [2.45, 2.75) is 33.6 Å². The van der Waals surface area contributed by atoms with Crippen molar-refractivity contribution in [1.29, 1.82) is 0 Å². The average molecular weight is 242 g/mol. The molecule has 1 atom stereocenters. The van der Waals surface area contributed by atoms with Crippen molar-refractivity contribution in [3.8, 4) is 0 Å².